The van der Waals surface area contributed by atoms with E-state index in [9.17, 15) is 14.0 Å². The molecule has 10 heteroatoms. The van der Waals surface area contributed by atoms with Gasteiger partial charge in [0.2, 0.25) is 0 Å². The number of rotatable bonds is 7. The number of benzene rings is 2. The summed E-state index contributed by atoms with van der Waals surface area (Å²) < 4.78 is 13.2. The first-order valence-electron chi connectivity index (χ1n) is 10.9. The zero-order valence-corrected chi connectivity index (χ0v) is 20.4. The lowest BCUT2D eigenvalue weighted by Gasteiger charge is -2.16. The van der Waals surface area contributed by atoms with Gasteiger partial charge in [-0.05, 0) is 49.2 Å². The van der Waals surface area contributed by atoms with Crippen LogP contribution in [0.5, 0.6) is 0 Å². The average Bonchev–Trinajstić information content (AvgIpc) is 3.42. The van der Waals surface area contributed by atoms with Crippen molar-refractivity contribution >= 4 is 28.4 Å². The fraction of sp³-hybridized carbons (Fsp3) is 0.200. The Morgan fingerprint density at radius 3 is 2.60 bits per heavy atom. The molecule has 4 aromatic rings. The lowest BCUT2D eigenvalue weighted by atomic mass is 10.0. The number of halogens is 1. The topological polar surface area (TPSA) is 103 Å². The van der Waals surface area contributed by atoms with Crippen molar-refractivity contribution in [2.24, 2.45) is 0 Å². The number of hydrogen-bond acceptors (Lipinski definition) is 5. The van der Waals surface area contributed by atoms with Crippen LogP contribution in [0.3, 0.4) is 0 Å². The maximum atomic E-state index is 13.2. The highest BCUT2D eigenvalue weighted by molar-refractivity contribution is 7.13. The Bertz CT molecular complexity index is 1330. The van der Waals surface area contributed by atoms with E-state index in [2.05, 4.69) is 25.8 Å². The van der Waals surface area contributed by atoms with E-state index in [1.165, 1.54) is 23.5 Å². The summed E-state index contributed by atoms with van der Waals surface area (Å²) in [6.07, 6.45) is 0. The fourth-order valence-corrected chi connectivity index (χ4v) is 4.39. The molecule has 2 aromatic carbocycles. The number of nitrogens with one attached hydrogen (secondary N) is 3. The molecule has 0 bridgehead atoms. The normalized spacial score (nSPS) is 10.7. The van der Waals surface area contributed by atoms with Gasteiger partial charge < -0.3 is 10.2 Å². The predicted molar refractivity (Wildman–Crippen MR) is 134 cm³/mol. The molecule has 4 rings (SSSR count). The minimum atomic E-state index is -0.442. The first-order chi connectivity index (χ1) is 16.8. The number of thiazole rings is 1. The second-order valence-corrected chi connectivity index (χ2v) is 8.99. The fourth-order valence-electron chi connectivity index (χ4n) is 3.70. The molecule has 3 amide bonds. The van der Waals surface area contributed by atoms with Crippen molar-refractivity contribution in [2.45, 2.75) is 26.9 Å². The van der Waals surface area contributed by atoms with Gasteiger partial charge in [0, 0.05) is 35.8 Å². The highest BCUT2D eigenvalue weighted by Gasteiger charge is 2.16. The Labute approximate surface area is 206 Å². The Hall–Kier alpha value is -4.05. The molecule has 0 unspecified atom stereocenters. The molecule has 0 aliphatic heterocycles. The second-order valence-electron chi connectivity index (χ2n) is 8.13. The number of anilines is 1. The minimum absolute atomic E-state index is 0.132. The number of carbonyl (C=O) groups excluding carboxylic acids is 2. The summed E-state index contributed by atoms with van der Waals surface area (Å²) in [5.74, 6) is -0.487. The van der Waals surface area contributed by atoms with Crippen molar-refractivity contribution in [2.75, 3.05) is 12.4 Å². The molecule has 0 aliphatic carbocycles. The predicted octanol–water partition coefficient (Wildman–Crippen LogP) is 4.88. The molecule has 2 aromatic heterocycles. The summed E-state index contributed by atoms with van der Waals surface area (Å²) in [4.78, 5) is 31.0. The van der Waals surface area contributed by atoms with Crippen LogP contribution < -0.4 is 10.6 Å². The minimum Gasteiger partial charge on any atom is -0.336 e. The molecule has 0 fully saturated rings. The zero-order valence-electron chi connectivity index (χ0n) is 19.6. The van der Waals surface area contributed by atoms with Gasteiger partial charge in [0.1, 0.15) is 5.82 Å². The van der Waals surface area contributed by atoms with Crippen LogP contribution in [0.2, 0.25) is 0 Å². The van der Waals surface area contributed by atoms with E-state index in [4.69, 9.17) is 0 Å². The Balaban J connectivity index is 1.31. The Kier molecular flexibility index (Phi) is 7.21. The first kappa shape index (κ1) is 24.1. The molecule has 0 radical (unpaired) electrons. The van der Waals surface area contributed by atoms with Crippen LogP contribution in [0.1, 0.15) is 33.0 Å². The van der Waals surface area contributed by atoms with E-state index in [0.717, 1.165) is 22.5 Å². The van der Waals surface area contributed by atoms with E-state index in [0.29, 0.717) is 28.5 Å². The number of amides is 3. The molecule has 180 valence electrons. The van der Waals surface area contributed by atoms with Crippen LogP contribution in [-0.4, -0.2) is 39.1 Å². The molecule has 0 spiro atoms. The maximum Gasteiger partial charge on any atom is 0.321 e. The van der Waals surface area contributed by atoms with Crippen molar-refractivity contribution in [1.82, 2.24) is 25.4 Å². The standard InChI is InChI=1S/C25H25FN6O2S/c1-15-22(16(2)31-30-15)18-7-9-19(10-8-18)23(33)32(3)13-21-14-35-25(28-21)29-24(34)27-12-17-5-4-6-20(26)11-17/h4-11,14H,12-13H2,1-3H3,(H,30,31)(H2,27,28,29,34). The molecule has 2 heterocycles. The molecular formula is C25H25FN6O2S. The Morgan fingerprint density at radius 1 is 1.14 bits per heavy atom. The van der Waals surface area contributed by atoms with Crippen LogP contribution in [0.25, 0.3) is 11.1 Å². The quantitative estimate of drug-likeness (QED) is 0.342. The molecule has 8 nitrogen and oxygen atoms in total. The summed E-state index contributed by atoms with van der Waals surface area (Å²) in [7, 11) is 1.71. The molecule has 35 heavy (non-hydrogen) atoms. The molecule has 0 saturated heterocycles. The summed E-state index contributed by atoms with van der Waals surface area (Å²) in [5, 5.41) is 14.7. The van der Waals surface area contributed by atoms with Gasteiger partial charge in [0.25, 0.3) is 5.91 Å². The Morgan fingerprint density at radius 2 is 1.91 bits per heavy atom. The van der Waals surface area contributed by atoms with Crippen LogP contribution in [-0.2, 0) is 13.1 Å². The molecular weight excluding hydrogens is 467 g/mol. The average molecular weight is 493 g/mol. The van der Waals surface area contributed by atoms with E-state index >= 15 is 0 Å². The number of nitrogens with zero attached hydrogens (tertiary/aromatic N) is 3. The second kappa shape index (κ2) is 10.5. The number of aryl methyl sites for hydroxylation is 2. The third-order valence-electron chi connectivity index (χ3n) is 5.41. The molecule has 0 saturated carbocycles. The largest absolute Gasteiger partial charge is 0.336 e. The summed E-state index contributed by atoms with van der Waals surface area (Å²) in [6.45, 7) is 4.39. The van der Waals surface area contributed by atoms with Crippen LogP contribution in [0.4, 0.5) is 14.3 Å². The van der Waals surface area contributed by atoms with Gasteiger partial charge in [-0.15, -0.1) is 11.3 Å². The van der Waals surface area contributed by atoms with Crippen molar-refractivity contribution in [3.63, 3.8) is 0 Å². The van der Waals surface area contributed by atoms with Crippen molar-refractivity contribution in [3.05, 3.63) is 87.9 Å². The van der Waals surface area contributed by atoms with E-state index in [1.54, 1.807) is 41.6 Å². The van der Waals surface area contributed by atoms with Crippen molar-refractivity contribution in [1.29, 1.82) is 0 Å². The number of aromatic nitrogens is 3. The van der Waals surface area contributed by atoms with Gasteiger partial charge in [-0.25, -0.2) is 14.2 Å². The first-order valence-corrected chi connectivity index (χ1v) is 11.8. The number of aromatic amines is 1. The third-order valence-corrected chi connectivity index (χ3v) is 6.22. The van der Waals surface area contributed by atoms with Gasteiger partial charge in [-0.3, -0.25) is 15.2 Å². The van der Waals surface area contributed by atoms with Gasteiger partial charge in [-0.2, -0.15) is 5.10 Å². The van der Waals surface area contributed by atoms with Gasteiger partial charge in [0.05, 0.1) is 17.9 Å². The van der Waals surface area contributed by atoms with Gasteiger partial charge in [0.15, 0.2) is 5.13 Å². The maximum absolute atomic E-state index is 13.2. The smallest absolute Gasteiger partial charge is 0.321 e. The summed E-state index contributed by atoms with van der Waals surface area (Å²) in [6, 6.07) is 13.0. The molecule has 0 atom stereocenters. The zero-order chi connectivity index (χ0) is 24.9. The number of carbonyl (C=O) groups is 2. The van der Waals surface area contributed by atoms with E-state index < -0.39 is 6.03 Å². The van der Waals surface area contributed by atoms with E-state index in [1.807, 2.05) is 26.0 Å². The SMILES string of the molecule is Cc1n[nH]c(C)c1-c1ccc(C(=O)N(C)Cc2csc(NC(=O)NCc3cccc(F)c3)n2)cc1. The van der Waals surface area contributed by atoms with Crippen LogP contribution in [0.15, 0.2) is 53.9 Å². The number of H-pyrrole nitrogens is 1. The molecule has 0 aliphatic rings. The van der Waals surface area contributed by atoms with Gasteiger partial charge in [-0.1, -0.05) is 24.3 Å². The van der Waals surface area contributed by atoms with Crippen LogP contribution >= 0.6 is 11.3 Å². The summed E-state index contributed by atoms with van der Waals surface area (Å²) in [5.41, 5.74) is 5.82. The third kappa shape index (κ3) is 5.90. The van der Waals surface area contributed by atoms with Crippen molar-refractivity contribution < 1.29 is 14.0 Å². The lowest BCUT2D eigenvalue weighted by molar-refractivity contribution is 0.0783. The van der Waals surface area contributed by atoms with Crippen LogP contribution in [0, 0.1) is 19.7 Å². The van der Waals surface area contributed by atoms with Gasteiger partial charge >= 0.3 is 6.03 Å². The highest BCUT2D eigenvalue weighted by atomic mass is 32.1. The monoisotopic (exact) mass is 492 g/mol. The van der Waals surface area contributed by atoms with E-state index in [-0.39, 0.29) is 18.3 Å². The number of hydrogen-bond donors (Lipinski definition) is 3. The summed E-state index contributed by atoms with van der Waals surface area (Å²) >= 11 is 1.26. The van der Waals surface area contributed by atoms with Crippen molar-refractivity contribution in [3.8, 4) is 11.1 Å². The number of urea groups is 1. The molecule has 3 N–H and O–H groups in total. The lowest BCUT2D eigenvalue weighted by Crippen LogP contribution is -2.28. The highest BCUT2D eigenvalue weighted by Crippen LogP contribution is 2.26.